The van der Waals surface area contributed by atoms with Crippen LogP contribution in [0, 0.1) is 0 Å². The molecule has 3 N–H and O–H groups in total. The van der Waals surface area contributed by atoms with Crippen molar-refractivity contribution < 1.29 is 9.59 Å². The Labute approximate surface area is 162 Å². The first-order valence-electron chi connectivity index (χ1n) is 9.56. The summed E-state index contributed by atoms with van der Waals surface area (Å²) in [6.45, 7) is 9.69. The molecule has 7 nitrogen and oxygen atoms in total. The third-order valence-corrected chi connectivity index (χ3v) is 5.16. The Morgan fingerprint density at radius 1 is 1.15 bits per heavy atom. The number of carbonyl (C=O) groups excluding carboxylic acids is 2. The number of nitrogens with zero attached hydrogens (tertiary/aromatic N) is 3. The molecule has 1 heterocycles. The molecule has 2 rings (SSSR count). The van der Waals surface area contributed by atoms with Gasteiger partial charge in [-0.25, -0.2) is 4.79 Å². The fourth-order valence-corrected chi connectivity index (χ4v) is 3.23. The van der Waals surface area contributed by atoms with E-state index >= 15 is 0 Å². The zero-order valence-electron chi connectivity index (χ0n) is 16.8. The summed E-state index contributed by atoms with van der Waals surface area (Å²) in [6, 6.07) is 9.60. The zero-order chi connectivity index (χ0) is 19.9. The van der Waals surface area contributed by atoms with Crippen molar-refractivity contribution in [3.63, 3.8) is 0 Å². The number of nitrogens with two attached hydrogens (primary N) is 1. The Morgan fingerprint density at radius 2 is 1.78 bits per heavy atom. The van der Waals surface area contributed by atoms with Crippen molar-refractivity contribution >= 4 is 11.9 Å². The summed E-state index contributed by atoms with van der Waals surface area (Å²) < 4.78 is 0. The molecule has 1 aromatic rings. The Morgan fingerprint density at radius 3 is 2.37 bits per heavy atom. The summed E-state index contributed by atoms with van der Waals surface area (Å²) in [7, 11) is 2.13. The first-order chi connectivity index (χ1) is 12.8. The van der Waals surface area contributed by atoms with Gasteiger partial charge in [-0.05, 0) is 26.5 Å². The third-order valence-electron chi connectivity index (χ3n) is 5.16. The average Bonchev–Trinajstić information content (AvgIpc) is 2.64. The van der Waals surface area contributed by atoms with Gasteiger partial charge in [0.1, 0.15) is 0 Å². The molecule has 1 saturated heterocycles. The lowest BCUT2D eigenvalue weighted by atomic mass is 10.0. The van der Waals surface area contributed by atoms with Crippen LogP contribution in [0.2, 0.25) is 0 Å². The molecule has 0 aliphatic carbocycles. The summed E-state index contributed by atoms with van der Waals surface area (Å²) in [4.78, 5) is 30.3. The molecule has 27 heavy (non-hydrogen) atoms. The lowest BCUT2D eigenvalue weighted by Gasteiger charge is -2.43. The Balaban J connectivity index is 1.94. The van der Waals surface area contributed by atoms with Gasteiger partial charge >= 0.3 is 6.03 Å². The van der Waals surface area contributed by atoms with Crippen molar-refractivity contribution in [1.29, 1.82) is 0 Å². The molecule has 1 aromatic carbocycles. The molecule has 0 atom stereocenters. The van der Waals surface area contributed by atoms with E-state index in [9.17, 15) is 9.59 Å². The van der Waals surface area contributed by atoms with Gasteiger partial charge in [-0.3, -0.25) is 9.69 Å². The highest BCUT2D eigenvalue weighted by molar-refractivity contribution is 5.77. The minimum Gasteiger partial charge on any atom is -0.370 e. The molecule has 3 amide bonds. The van der Waals surface area contributed by atoms with E-state index in [0.29, 0.717) is 19.6 Å². The van der Waals surface area contributed by atoms with Crippen molar-refractivity contribution in [2.75, 3.05) is 46.3 Å². The zero-order valence-corrected chi connectivity index (χ0v) is 16.8. The molecule has 1 aliphatic rings. The van der Waals surface area contributed by atoms with E-state index in [2.05, 4.69) is 36.0 Å². The van der Waals surface area contributed by atoms with Gasteiger partial charge in [-0.15, -0.1) is 0 Å². The predicted octanol–water partition coefficient (Wildman–Crippen LogP) is 1.10. The van der Waals surface area contributed by atoms with Crippen LogP contribution in [-0.4, -0.2) is 78.5 Å². The lowest BCUT2D eigenvalue weighted by Crippen LogP contribution is -2.58. The second kappa shape index (κ2) is 9.71. The first-order valence-corrected chi connectivity index (χ1v) is 9.56. The van der Waals surface area contributed by atoms with E-state index in [4.69, 9.17) is 5.73 Å². The van der Waals surface area contributed by atoms with Gasteiger partial charge in [0, 0.05) is 57.8 Å². The lowest BCUT2D eigenvalue weighted by molar-refractivity contribution is -0.118. The number of rotatable bonds is 8. The number of hydrogen-bond acceptors (Lipinski definition) is 4. The van der Waals surface area contributed by atoms with Gasteiger partial charge in [0.05, 0.1) is 0 Å². The number of primary amides is 1. The van der Waals surface area contributed by atoms with E-state index < -0.39 is 5.91 Å². The molecule has 7 heteroatoms. The van der Waals surface area contributed by atoms with Gasteiger partial charge in [-0.1, -0.05) is 30.3 Å². The quantitative estimate of drug-likeness (QED) is 0.713. The fraction of sp³-hybridized carbons (Fsp3) is 0.600. The maximum absolute atomic E-state index is 12.8. The topological polar surface area (TPSA) is 81.9 Å². The van der Waals surface area contributed by atoms with Crippen LogP contribution in [0.15, 0.2) is 30.3 Å². The number of likely N-dealkylation sites (N-methyl/N-ethyl adjacent to an activating group) is 1. The van der Waals surface area contributed by atoms with Crippen LogP contribution in [0.1, 0.15) is 25.8 Å². The highest BCUT2D eigenvalue weighted by atomic mass is 16.2. The largest absolute Gasteiger partial charge is 0.370 e. The summed E-state index contributed by atoms with van der Waals surface area (Å²) in [5, 5.41) is 3.06. The summed E-state index contributed by atoms with van der Waals surface area (Å²) in [5.74, 6) is -0.404. The summed E-state index contributed by atoms with van der Waals surface area (Å²) in [5.41, 5.74) is 6.18. The number of urea groups is 1. The van der Waals surface area contributed by atoms with E-state index in [1.165, 1.54) is 0 Å². The highest BCUT2D eigenvalue weighted by Crippen LogP contribution is 2.16. The number of hydrogen-bond donors (Lipinski definition) is 2. The molecule has 0 saturated carbocycles. The van der Waals surface area contributed by atoms with Gasteiger partial charge < -0.3 is 20.9 Å². The number of piperazine rings is 1. The predicted molar refractivity (Wildman–Crippen MR) is 107 cm³/mol. The number of amides is 3. The van der Waals surface area contributed by atoms with Crippen LogP contribution < -0.4 is 11.1 Å². The van der Waals surface area contributed by atoms with Crippen LogP contribution in [-0.2, 0) is 11.3 Å². The van der Waals surface area contributed by atoms with Crippen molar-refractivity contribution in [3.05, 3.63) is 35.9 Å². The van der Waals surface area contributed by atoms with E-state index in [1.54, 1.807) is 4.90 Å². The minimum atomic E-state index is -0.404. The Hall–Kier alpha value is -2.12. The van der Waals surface area contributed by atoms with Gasteiger partial charge in [0.25, 0.3) is 0 Å². The molecule has 0 bridgehead atoms. The van der Waals surface area contributed by atoms with Crippen molar-refractivity contribution in [2.24, 2.45) is 5.73 Å². The normalized spacial score (nSPS) is 16.1. The third kappa shape index (κ3) is 6.84. The molecular formula is C20H33N5O2. The van der Waals surface area contributed by atoms with Crippen LogP contribution >= 0.6 is 0 Å². The molecule has 1 aliphatic heterocycles. The maximum Gasteiger partial charge on any atom is 0.317 e. The molecular weight excluding hydrogens is 342 g/mol. The second-order valence-electron chi connectivity index (χ2n) is 7.88. The van der Waals surface area contributed by atoms with E-state index in [1.807, 2.05) is 30.3 Å². The van der Waals surface area contributed by atoms with Crippen molar-refractivity contribution in [1.82, 2.24) is 20.0 Å². The molecule has 0 radical (unpaired) electrons. The monoisotopic (exact) mass is 375 g/mol. The van der Waals surface area contributed by atoms with Gasteiger partial charge in [-0.2, -0.15) is 0 Å². The van der Waals surface area contributed by atoms with Crippen LogP contribution in [0.4, 0.5) is 4.79 Å². The summed E-state index contributed by atoms with van der Waals surface area (Å²) in [6.07, 6.45) is 0.155. The Kier molecular flexibility index (Phi) is 7.62. The van der Waals surface area contributed by atoms with Gasteiger partial charge in [0.2, 0.25) is 5.91 Å². The average molecular weight is 376 g/mol. The van der Waals surface area contributed by atoms with E-state index in [0.717, 1.165) is 31.7 Å². The summed E-state index contributed by atoms with van der Waals surface area (Å²) >= 11 is 0. The number of carbonyl (C=O) groups is 2. The van der Waals surface area contributed by atoms with Crippen LogP contribution in [0.3, 0.4) is 0 Å². The van der Waals surface area contributed by atoms with Crippen LogP contribution in [0.25, 0.3) is 0 Å². The fourth-order valence-electron chi connectivity index (χ4n) is 3.23. The molecule has 0 unspecified atom stereocenters. The molecule has 0 aromatic heterocycles. The standard InChI is InChI=1S/C20H33N5O2/c1-20(2,25-13-11-23(3)12-14-25)16-22-19(27)24(10-9-18(21)26)15-17-7-5-4-6-8-17/h4-8H,9-16H2,1-3H3,(H2,21,26)(H,22,27). The molecule has 0 spiro atoms. The smallest absolute Gasteiger partial charge is 0.317 e. The van der Waals surface area contributed by atoms with E-state index in [-0.39, 0.29) is 18.0 Å². The molecule has 1 fully saturated rings. The highest BCUT2D eigenvalue weighted by Gasteiger charge is 2.30. The minimum absolute atomic E-state index is 0.126. The number of nitrogens with one attached hydrogen (secondary N) is 1. The second-order valence-corrected chi connectivity index (χ2v) is 7.88. The Bertz CT molecular complexity index is 612. The maximum atomic E-state index is 12.8. The van der Waals surface area contributed by atoms with Crippen LogP contribution in [0.5, 0.6) is 0 Å². The number of benzene rings is 1. The SMILES string of the molecule is CN1CCN(C(C)(C)CNC(=O)N(CCC(N)=O)Cc2ccccc2)CC1. The molecule has 150 valence electrons. The first kappa shape index (κ1) is 21.2. The van der Waals surface area contributed by atoms with Crippen molar-refractivity contribution in [2.45, 2.75) is 32.4 Å². The van der Waals surface area contributed by atoms with Crippen molar-refractivity contribution in [3.8, 4) is 0 Å². The van der Waals surface area contributed by atoms with Gasteiger partial charge in [0.15, 0.2) is 0 Å².